The van der Waals surface area contributed by atoms with Crippen LogP contribution in [-0.4, -0.2) is 31.3 Å². The topological polar surface area (TPSA) is 20.3 Å². The summed E-state index contributed by atoms with van der Waals surface area (Å²) in [6, 6.07) is 8.14. The second-order valence-corrected chi connectivity index (χ2v) is 5.15. The van der Waals surface area contributed by atoms with Gasteiger partial charge < -0.3 is 4.90 Å². The molecule has 0 heterocycles. The van der Waals surface area contributed by atoms with Gasteiger partial charge in [0, 0.05) is 17.5 Å². The standard InChI is InChI=1S/C14H19NO/c1-11(16)12-4-6-13(7-5-12)14(8-9-14)10-15(2)3/h4-7H,8-10H2,1-3H3. The number of nitrogens with zero attached hydrogens (tertiary/aromatic N) is 1. The molecule has 2 rings (SSSR count). The quantitative estimate of drug-likeness (QED) is 0.722. The Morgan fingerprint density at radius 3 is 2.19 bits per heavy atom. The van der Waals surface area contributed by atoms with Crippen LogP contribution in [0.4, 0.5) is 0 Å². The maximum Gasteiger partial charge on any atom is 0.159 e. The Kier molecular flexibility index (Phi) is 2.85. The van der Waals surface area contributed by atoms with E-state index < -0.39 is 0 Å². The lowest BCUT2D eigenvalue weighted by Gasteiger charge is -2.20. The zero-order valence-corrected chi connectivity index (χ0v) is 10.3. The van der Waals surface area contributed by atoms with Gasteiger partial charge in [-0.2, -0.15) is 0 Å². The fourth-order valence-corrected chi connectivity index (χ4v) is 2.35. The molecule has 2 heteroatoms. The molecule has 1 fully saturated rings. The Bertz CT molecular complexity index is 388. The molecule has 0 bridgehead atoms. The summed E-state index contributed by atoms with van der Waals surface area (Å²) in [5.74, 6) is 0.143. The molecule has 1 aromatic rings. The molecule has 1 aliphatic carbocycles. The van der Waals surface area contributed by atoms with E-state index in [1.165, 1.54) is 18.4 Å². The molecule has 1 aliphatic rings. The molecular weight excluding hydrogens is 198 g/mol. The highest BCUT2D eigenvalue weighted by molar-refractivity contribution is 5.94. The predicted molar refractivity (Wildman–Crippen MR) is 65.9 cm³/mol. The normalized spacial score (nSPS) is 17.5. The number of carbonyl (C=O) groups is 1. The second-order valence-electron chi connectivity index (χ2n) is 5.15. The van der Waals surface area contributed by atoms with Gasteiger partial charge in [-0.25, -0.2) is 0 Å². The number of hydrogen-bond donors (Lipinski definition) is 0. The summed E-state index contributed by atoms with van der Waals surface area (Å²) in [5.41, 5.74) is 2.55. The van der Waals surface area contributed by atoms with E-state index in [9.17, 15) is 4.79 Å². The fraction of sp³-hybridized carbons (Fsp3) is 0.500. The molecular formula is C14H19NO. The third kappa shape index (κ3) is 2.17. The minimum Gasteiger partial charge on any atom is -0.309 e. The second kappa shape index (κ2) is 4.02. The van der Waals surface area contributed by atoms with Crippen molar-refractivity contribution in [3.05, 3.63) is 35.4 Å². The number of carbonyl (C=O) groups excluding carboxylic acids is 1. The van der Waals surface area contributed by atoms with Crippen LogP contribution in [0.2, 0.25) is 0 Å². The molecule has 1 aromatic carbocycles. The summed E-state index contributed by atoms with van der Waals surface area (Å²) in [6.45, 7) is 2.72. The maximum absolute atomic E-state index is 11.2. The lowest BCUT2D eigenvalue weighted by molar-refractivity contribution is 0.101. The van der Waals surface area contributed by atoms with Crippen LogP contribution in [0.15, 0.2) is 24.3 Å². The van der Waals surface area contributed by atoms with E-state index in [0.29, 0.717) is 5.41 Å². The van der Waals surface area contributed by atoms with E-state index in [-0.39, 0.29) is 5.78 Å². The Hall–Kier alpha value is -1.15. The van der Waals surface area contributed by atoms with Crippen molar-refractivity contribution in [3.63, 3.8) is 0 Å². The first kappa shape index (κ1) is 11.3. The van der Waals surface area contributed by atoms with Crippen LogP contribution in [0.1, 0.15) is 35.7 Å². The van der Waals surface area contributed by atoms with Crippen LogP contribution in [-0.2, 0) is 5.41 Å². The van der Waals surface area contributed by atoms with E-state index >= 15 is 0 Å². The van der Waals surface area contributed by atoms with Gasteiger partial charge in [0.25, 0.3) is 0 Å². The number of likely N-dealkylation sites (N-methyl/N-ethyl adjacent to an activating group) is 1. The summed E-state index contributed by atoms with van der Waals surface area (Å²) in [4.78, 5) is 13.4. The largest absolute Gasteiger partial charge is 0.309 e. The average Bonchev–Trinajstić information content (AvgIpc) is 2.98. The predicted octanol–water partition coefficient (Wildman–Crippen LogP) is 2.48. The van der Waals surface area contributed by atoms with Crippen LogP contribution < -0.4 is 0 Å². The molecule has 1 saturated carbocycles. The van der Waals surface area contributed by atoms with E-state index in [2.05, 4.69) is 31.1 Å². The fourth-order valence-electron chi connectivity index (χ4n) is 2.35. The van der Waals surface area contributed by atoms with E-state index in [0.717, 1.165) is 12.1 Å². The van der Waals surface area contributed by atoms with Gasteiger partial charge in [-0.3, -0.25) is 4.79 Å². The molecule has 2 nitrogen and oxygen atoms in total. The lowest BCUT2D eigenvalue weighted by Crippen LogP contribution is -2.25. The number of ketones is 1. The van der Waals surface area contributed by atoms with Gasteiger partial charge >= 0.3 is 0 Å². The molecule has 0 amide bonds. The van der Waals surface area contributed by atoms with Crippen LogP contribution in [0.25, 0.3) is 0 Å². The smallest absolute Gasteiger partial charge is 0.159 e. The number of rotatable bonds is 4. The van der Waals surface area contributed by atoms with Crippen molar-refractivity contribution in [2.24, 2.45) is 0 Å². The van der Waals surface area contributed by atoms with Gasteiger partial charge in [0.05, 0.1) is 0 Å². The van der Waals surface area contributed by atoms with Gasteiger partial charge in [-0.1, -0.05) is 24.3 Å². The molecule has 0 atom stereocenters. The summed E-state index contributed by atoms with van der Waals surface area (Å²) in [5, 5.41) is 0. The summed E-state index contributed by atoms with van der Waals surface area (Å²) >= 11 is 0. The third-order valence-electron chi connectivity index (χ3n) is 3.38. The molecule has 0 radical (unpaired) electrons. The number of benzene rings is 1. The molecule has 0 spiro atoms. The zero-order chi connectivity index (χ0) is 11.8. The van der Waals surface area contributed by atoms with Crippen LogP contribution in [0, 0.1) is 0 Å². The summed E-state index contributed by atoms with van der Waals surface area (Å²) in [6.07, 6.45) is 2.54. The molecule has 0 aliphatic heterocycles. The molecule has 86 valence electrons. The maximum atomic E-state index is 11.2. The van der Waals surface area contributed by atoms with Gasteiger partial charge in [0.15, 0.2) is 5.78 Å². The molecule has 0 aromatic heterocycles. The van der Waals surface area contributed by atoms with E-state index in [1.807, 2.05) is 12.1 Å². The Morgan fingerprint density at radius 1 is 1.25 bits per heavy atom. The highest BCUT2D eigenvalue weighted by atomic mass is 16.1. The zero-order valence-electron chi connectivity index (χ0n) is 10.3. The highest BCUT2D eigenvalue weighted by Crippen LogP contribution is 2.48. The van der Waals surface area contributed by atoms with Crippen LogP contribution in [0.3, 0.4) is 0 Å². The van der Waals surface area contributed by atoms with Crippen molar-refractivity contribution < 1.29 is 4.79 Å². The van der Waals surface area contributed by atoms with E-state index in [1.54, 1.807) is 6.92 Å². The van der Waals surface area contributed by atoms with Gasteiger partial charge in [-0.15, -0.1) is 0 Å². The number of Topliss-reactive ketones (excluding diaryl/α,β-unsaturated/α-hetero) is 1. The first-order valence-electron chi connectivity index (χ1n) is 5.80. The van der Waals surface area contributed by atoms with Crippen molar-refractivity contribution in [1.29, 1.82) is 0 Å². The first-order chi connectivity index (χ1) is 7.53. The minimum atomic E-state index is 0.143. The Morgan fingerprint density at radius 2 is 1.81 bits per heavy atom. The molecule has 0 unspecified atom stereocenters. The van der Waals surface area contributed by atoms with E-state index in [4.69, 9.17) is 0 Å². The summed E-state index contributed by atoms with van der Waals surface area (Å²) < 4.78 is 0. The molecule has 16 heavy (non-hydrogen) atoms. The average molecular weight is 217 g/mol. The molecule has 0 N–H and O–H groups in total. The van der Waals surface area contributed by atoms with Crippen molar-refractivity contribution in [2.45, 2.75) is 25.2 Å². The van der Waals surface area contributed by atoms with Crippen molar-refractivity contribution in [2.75, 3.05) is 20.6 Å². The van der Waals surface area contributed by atoms with Gasteiger partial charge in [0.1, 0.15) is 0 Å². The SMILES string of the molecule is CC(=O)c1ccc(C2(CN(C)C)CC2)cc1. The van der Waals surface area contributed by atoms with Crippen molar-refractivity contribution in [3.8, 4) is 0 Å². The van der Waals surface area contributed by atoms with Crippen molar-refractivity contribution >= 4 is 5.78 Å². The van der Waals surface area contributed by atoms with Crippen molar-refractivity contribution in [1.82, 2.24) is 4.90 Å². The Labute approximate surface area is 97.3 Å². The monoisotopic (exact) mass is 217 g/mol. The Balaban J connectivity index is 2.19. The lowest BCUT2D eigenvalue weighted by atomic mass is 9.94. The minimum absolute atomic E-state index is 0.143. The molecule has 0 saturated heterocycles. The van der Waals surface area contributed by atoms with Crippen LogP contribution in [0.5, 0.6) is 0 Å². The van der Waals surface area contributed by atoms with Crippen LogP contribution >= 0.6 is 0 Å². The number of hydrogen-bond acceptors (Lipinski definition) is 2. The van der Waals surface area contributed by atoms with Gasteiger partial charge in [0.2, 0.25) is 0 Å². The summed E-state index contributed by atoms with van der Waals surface area (Å²) in [7, 11) is 4.23. The van der Waals surface area contributed by atoms with Gasteiger partial charge in [-0.05, 0) is 39.4 Å². The first-order valence-corrected chi connectivity index (χ1v) is 5.80. The highest BCUT2D eigenvalue weighted by Gasteiger charge is 2.44. The third-order valence-corrected chi connectivity index (χ3v) is 3.38.